The summed E-state index contributed by atoms with van der Waals surface area (Å²) in [5, 5.41) is 6.31. The summed E-state index contributed by atoms with van der Waals surface area (Å²) in [7, 11) is -0.263. The second-order valence-corrected chi connectivity index (χ2v) is 12.1. The van der Waals surface area contributed by atoms with Crippen LogP contribution in [0.25, 0.3) is 11.1 Å². The van der Waals surface area contributed by atoms with Crippen LogP contribution in [0.4, 0.5) is 4.39 Å². The monoisotopic (exact) mass is 544 g/mol. The third-order valence-corrected chi connectivity index (χ3v) is 9.50. The molecule has 5 rings (SSSR count). The van der Waals surface area contributed by atoms with Crippen molar-refractivity contribution in [2.24, 2.45) is 0 Å². The van der Waals surface area contributed by atoms with Crippen LogP contribution >= 0.6 is 0 Å². The van der Waals surface area contributed by atoms with Gasteiger partial charge in [-0.15, -0.1) is 5.10 Å². The zero-order valence-corrected chi connectivity index (χ0v) is 22.9. The molecule has 10 nitrogen and oxygen atoms in total. The Kier molecular flexibility index (Phi) is 7.14. The average molecular weight is 545 g/mol. The van der Waals surface area contributed by atoms with Crippen molar-refractivity contribution in [3.63, 3.8) is 0 Å². The van der Waals surface area contributed by atoms with Crippen molar-refractivity contribution in [2.45, 2.75) is 56.1 Å². The van der Waals surface area contributed by atoms with Crippen LogP contribution < -0.4 is 9.47 Å². The molecule has 4 heterocycles. The van der Waals surface area contributed by atoms with Crippen LogP contribution in [-0.4, -0.2) is 77.1 Å². The number of hydrogen-bond acceptors (Lipinski definition) is 8. The first-order valence-electron chi connectivity index (χ1n) is 12.8. The van der Waals surface area contributed by atoms with Gasteiger partial charge in [0.25, 0.3) is 15.2 Å². The van der Waals surface area contributed by atoms with Crippen molar-refractivity contribution >= 4 is 10.0 Å². The molecular formula is C26H33FN6O4S. The molecule has 0 atom stereocenters. The maximum Gasteiger partial charge on any atom is 0.342 e. The molecule has 38 heavy (non-hydrogen) atoms. The lowest BCUT2D eigenvalue weighted by Crippen LogP contribution is -2.52. The van der Waals surface area contributed by atoms with Crippen LogP contribution in [0.3, 0.4) is 0 Å². The second-order valence-electron chi connectivity index (χ2n) is 10.3. The van der Waals surface area contributed by atoms with E-state index in [1.807, 2.05) is 13.8 Å². The molecule has 1 N–H and O–H groups in total. The Morgan fingerprint density at radius 3 is 2.55 bits per heavy atom. The SMILES string of the molecule is COc1cc(-c2cc(F)cc(C(C)C)c2Oc2n[nH]c(S(=O)(=O)N3CCC4(CCCN4C)CC3)n2)ccn1. The van der Waals surface area contributed by atoms with Gasteiger partial charge in [0.05, 0.1) is 7.11 Å². The summed E-state index contributed by atoms with van der Waals surface area (Å²) in [6.45, 7) is 5.72. The number of halogens is 1. The molecule has 2 aromatic heterocycles. The average Bonchev–Trinajstić information content (AvgIpc) is 3.52. The molecule has 0 radical (unpaired) electrons. The molecule has 3 aromatic rings. The van der Waals surface area contributed by atoms with Crippen molar-refractivity contribution in [1.29, 1.82) is 0 Å². The predicted octanol–water partition coefficient (Wildman–Crippen LogP) is 4.18. The van der Waals surface area contributed by atoms with Gasteiger partial charge >= 0.3 is 6.01 Å². The van der Waals surface area contributed by atoms with Gasteiger partial charge in [-0.2, -0.15) is 9.29 Å². The third kappa shape index (κ3) is 4.87. The maximum absolute atomic E-state index is 14.6. The van der Waals surface area contributed by atoms with Gasteiger partial charge in [0, 0.05) is 42.0 Å². The summed E-state index contributed by atoms with van der Waals surface area (Å²) in [5.74, 6) is 0.171. The van der Waals surface area contributed by atoms with Crippen LogP contribution in [0.1, 0.15) is 51.0 Å². The molecule has 0 amide bonds. The van der Waals surface area contributed by atoms with Crippen molar-refractivity contribution in [2.75, 3.05) is 33.8 Å². The number of nitrogens with one attached hydrogen (secondary N) is 1. The minimum atomic E-state index is -3.88. The number of hydrogen-bond donors (Lipinski definition) is 1. The summed E-state index contributed by atoms with van der Waals surface area (Å²) in [6.07, 6.45) is 5.36. The Labute approximate surface area is 222 Å². The largest absolute Gasteiger partial charge is 0.481 e. The predicted molar refractivity (Wildman–Crippen MR) is 139 cm³/mol. The van der Waals surface area contributed by atoms with Crippen LogP contribution in [0.5, 0.6) is 17.6 Å². The number of rotatable bonds is 7. The number of sulfonamides is 1. The lowest BCUT2D eigenvalue weighted by atomic mass is 9.86. The molecule has 0 unspecified atom stereocenters. The number of benzene rings is 1. The standard InChI is InChI=1S/C26H33FN6O4S/c1-17(2)20-15-19(27)16-21(18-6-10-28-22(14-18)36-4)23(20)37-24-29-25(31-30-24)38(34,35)33-12-8-26(9-13-33)7-5-11-32(26)3/h6,10,14-17H,5,7-9,11-13H2,1-4H3,(H,29,30,31). The van der Waals surface area contributed by atoms with Gasteiger partial charge in [0.1, 0.15) is 11.6 Å². The molecule has 0 aliphatic carbocycles. The quantitative estimate of drug-likeness (QED) is 0.471. The number of nitrogens with zero attached hydrogens (tertiary/aromatic N) is 5. The molecule has 0 bridgehead atoms. The Morgan fingerprint density at radius 2 is 1.89 bits per heavy atom. The first-order chi connectivity index (χ1) is 18.1. The highest BCUT2D eigenvalue weighted by atomic mass is 32.2. The van der Waals surface area contributed by atoms with E-state index in [4.69, 9.17) is 9.47 Å². The van der Waals surface area contributed by atoms with Gasteiger partial charge in [0.2, 0.25) is 5.88 Å². The summed E-state index contributed by atoms with van der Waals surface area (Å²) in [5.41, 5.74) is 1.75. The second kappa shape index (κ2) is 10.2. The van der Waals surface area contributed by atoms with Crippen LogP contribution in [0, 0.1) is 5.82 Å². The van der Waals surface area contributed by atoms with E-state index in [0.717, 1.165) is 32.2 Å². The van der Waals surface area contributed by atoms with Crippen molar-refractivity contribution in [3.8, 4) is 28.8 Å². The van der Waals surface area contributed by atoms with Gasteiger partial charge < -0.3 is 14.4 Å². The van der Waals surface area contributed by atoms with Crippen molar-refractivity contribution in [1.82, 2.24) is 29.4 Å². The Morgan fingerprint density at radius 1 is 1.13 bits per heavy atom. The molecule has 1 aromatic carbocycles. The molecule has 204 valence electrons. The fraction of sp³-hybridized carbons (Fsp3) is 0.500. The van der Waals surface area contributed by atoms with E-state index in [2.05, 4.69) is 32.1 Å². The number of aromatic amines is 1. The zero-order chi connectivity index (χ0) is 27.1. The zero-order valence-electron chi connectivity index (χ0n) is 22.1. The first kappa shape index (κ1) is 26.5. The van der Waals surface area contributed by atoms with Crippen molar-refractivity contribution < 1.29 is 22.3 Å². The summed E-state index contributed by atoms with van der Waals surface area (Å²) in [6, 6.07) is 5.97. The lowest BCUT2D eigenvalue weighted by Gasteiger charge is -2.42. The molecular weight excluding hydrogens is 511 g/mol. The topological polar surface area (TPSA) is 114 Å². The van der Waals surface area contributed by atoms with E-state index >= 15 is 0 Å². The molecule has 0 saturated carbocycles. The van der Waals surface area contributed by atoms with Crippen LogP contribution in [-0.2, 0) is 10.0 Å². The molecule has 2 aliphatic heterocycles. The van der Waals surface area contributed by atoms with Crippen LogP contribution in [0.2, 0.25) is 0 Å². The number of likely N-dealkylation sites (tertiary alicyclic amines) is 1. The molecule has 12 heteroatoms. The number of piperidine rings is 1. The van der Waals surface area contributed by atoms with Gasteiger partial charge in [0.15, 0.2) is 0 Å². The highest BCUT2D eigenvalue weighted by molar-refractivity contribution is 7.88. The lowest BCUT2D eigenvalue weighted by molar-refractivity contribution is 0.101. The minimum absolute atomic E-state index is 0.0869. The van der Waals surface area contributed by atoms with E-state index in [1.165, 1.54) is 23.5 Å². The van der Waals surface area contributed by atoms with Gasteiger partial charge in [-0.05, 0) is 69.0 Å². The van der Waals surface area contributed by atoms with Gasteiger partial charge in [-0.3, -0.25) is 0 Å². The first-order valence-corrected chi connectivity index (χ1v) is 14.2. The summed E-state index contributed by atoms with van der Waals surface area (Å²) >= 11 is 0. The fourth-order valence-electron chi connectivity index (χ4n) is 5.52. The number of ether oxygens (including phenoxy) is 2. The van der Waals surface area contributed by atoms with Crippen LogP contribution in [0.15, 0.2) is 35.6 Å². The molecule has 2 aliphatic rings. The van der Waals surface area contributed by atoms with E-state index in [9.17, 15) is 12.8 Å². The van der Waals surface area contributed by atoms with Gasteiger partial charge in [-0.1, -0.05) is 13.8 Å². The number of methoxy groups -OCH3 is 1. The van der Waals surface area contributed by atoms with Gasteiger partial charge in [-0.25, -0.2) is 22.9 Å². The smallest absolute Gasteiger partial charge is 0.342 e. The number of H-pyrrole nitrogens is 1. The summed E-state index contributed by atoms with van der Waals surface area (Å²) < 4.78 is 54.1. The number of aromatic nitrogens is 4. The summed E-state index contributed by atoms with van der Waals surface area (Å²) in [4.78, 5) is 10.7. The normalized spacial score (nSPS) is 18.4. The molecule has 2 fully saturated rings. The Hall–Kier alpha value is -3.09. The fourth-order valence-corrected chi connectivity index (χ4v) is 6.78. The van der Waals surface area contributed by atoms with E-state index in [1.54, 1.807) is 18.3 Å². The van der Waals surface area contributed by atoms with Crippen molar-refractivity contribution in [3.05, 3.63) is 41.8 Å². The Bertz CT molecular complexity index is 1420. The van der Waals surface area contributed by atoms with E-state index in [-0.39, 0.29) is 22.6 Å². The highest BCUT2D eigenvalue weighted by Crippen LogP contribution is 2.41. The maximum atomic E-state index is 14.6. The third-order valence-electron chi connectivity index (χ3n) is 7.78. The highest BCUT2D eigenvalue weighted by Gasteiger charge is 2.44. The number of pyridine rings is 1. The van der Waals surface area contributed by atoms with E-state index < -0.39 is 15.8 Å². The molecule has 2 saturated heterocycles. The van der Waals surface area contributed by atoms with E-state index in [0.29, 0.717) is 41.4 Å². The molecule has 1 spiro atoms. The minimum Gasteiger partial charge on any atom is -0.481 e. The Balaban J connectivity index is 1.43.